The predicted molar refractivity (Wildman–Crippen MR) is 539 cm³/mol. The zero-order chi connectivity index (χ0) is 87.0. The number of aliphatic hydroxyl groups is 2. The van der Waals surface area contributed by atoms with E-state index in [4.69, 9.17) is 33.0 Å². The van der Waals surface area contributed by atoms with Crippen LogP contribution in [-0.4, -0.2) is 92.1 Å². The number of ether oxygens (including phenoxy) is 1. The molecule has 117 heavy (non-hydrogen) atoms. The Labute approximate surface area is 747 Å². The van der Waals surface area contributed by atoms with Gasteiger partial charge >= 0.3 is 0 Å². The Morgan fingerprint density at radius 3 is 0.692 bits per heavy atom. The molecule has 0 aliphatic rings. The number of nitrogens with zero attached hydrogens (tertiary/aromatic N) is 2. The molecule has 0 rings (SSSR count). The maximum absolute atomic E-state index is 10.9. The van der Waals surface area contributed by atoms with Crippen LogP contribution in [-0.2, 0) is 4.74 Å². The van der Waals surface area contributed by atoms with Crippen molar-refractivity contribution in [2.45, 2.75) is 512 Å². The molecule has 0 saturated carbocycles. The van der Waals surface area contributed by atoms with E-state index in [0.29, 0.717) is 24.5 Å². The molecular weight excluding hydrogens is 1470 g/mol. The minimum absolute atomic E-state index is 0.124. The van der Waals surface area contributed by atoms with Gasteiger partial charge in [-0.3, -0.25) is 0 Å². The largest absolute Gasteiger partial charge is 0.396 e. The molecule has 0 aromatic heterocycles. The molecular formula is C110H212Cl2N2O3. The number of rotatable bonds is 85. The average Bonchev–Trinajstić information content (AvgIpc) is 0.968. The van der Waals surface area contributed by atoms with E-state index in [9.17, 15) is 5.11 Å². The van der Waals surface area contributed by atoms with Crippen molar-refractivity contribution in [1.82, 2.24) is 9.80 Å². The fourth-order valence-corrected chi connectivity index (χ4v) is 15.1. The molecule has 0 aromatic carbocycles. The fraction of sp³-hybridized carbons (Fsp3) is 0.836. The second-order valence-electron chi connectivity index (χ2n) is 35.2. The van der Waals surface area contributed by atoms with E-state index < -0.39 is 0 Å². The molecule has 7 heteroatoms. The highest BCUT2D eigenvalue weighted by Gasteiger charge is 2.22. The summed E-state index contributed by atoms with van der Waals surface area (Å²) in [6, 6.07) is 0. The molecule has 694 valence electrons. The summed E-state index contributed by atoms with van der Waals surface area (Å²) in [6.45, 7) is 26.6. The Balaban J connectivity index is -0.000000504. The predicted octanol–water partition coefficient (Wildman–Crippen LogP) is 37.0. The van der Waals surface area contributed by atoms with Crippen LogP contribution in [0.5, 0.6) is 0 Å². The summed E-state index contributed by atoms with van der Waals surface area (Å²) >= 11 is 9.53. The Hall–Kier alpha value is -1.96. The number of hydrogen-bond donors (Lipinski definition) is 2. The van der Waals surface area contributed by atoms with Gasteiger partial charge in [0.05, 0.1) is 17.5 Å². The van der Waals surface area contributed by atoms with Crippen LogP contribution in [0.2, 0.25) is 0 Å². The van der Waals surface area contributed by atoms with Gasteiger partial charge in [-0.05, 0) is 373 Å². The van der Waals surface area contributed by atoms with Gasteiger partial charge in [0.2, 0.25) is 0 Å². The minimum Gasteiger partial charge on any atom is -0.396 e. The van der Waals surface area contributed by atoms with Crippen molar-refractivity contribution < 1.29 is 14.9 Å². The van der Waals surface area contributed by atoms with Gasteiger partial charge in [0.15, 0.2) is 0 Å². The van der Waals surface area contributed by atoms with E-state index in [0.717, 1.165) is 63.6 Å². The molecule has 0 fully saturated rings. The highest BCUT2D eigenvalue weighted by Crippen LogP contribution is 2.31. The van der Waals surface area contributed by atoms with E-state index in [-0.39, 0.29) is 11.4 Å². The fourth-order valence-electron chi connectivity index (χ4n) is 15.1. The Morgan fingerprint density at radius 2 is 0.453 bits per heavy atom. The van der Waals surface area contributed by atoms with Gasteiger partial charge in [0.1, 0.15) is 0 Å². The topological polar surface area (TPSA) is 56.2 Å². The number of hydrogen-bond acceptors (Lipinski definition) is 5. The van der Waals surface area contributed by atoms with Gasteiger partial charge in [-0.1, -0.05) is 301 Å². The van der Waals surface area contributed by atoms with Crippen LogP contribution in [0, 0.1) is 23.7 Å². The lowest BCUT2D eigenvalue weighted by molar-refractivity contribution is -0.00288. The van der Waals surface area contributed by atoms with Crippen LogP contribution in [0.4, 0.5) is 0 Å². The van der Waals surface area contributed by atoms with Gasteiger partial charge in [0, 0.05) is 13.2 Å². The van der Waals surface area contributed by atoms with Crippen molar-refractivity contribution in [3.63, 3.8) is 0 Å². The number of aliphatic hydroxyl groups excluding tert-OH is 2. The van der Waals surface area contributed by atoms with E-state index >= 15 is 0 Å². The van der Waals surface area contributed by atoms with Crippen LogP contribution in [0.3, 0.4) is 0 Å². The zero-order valence-electron chi connectivity index (χ0n) is 81.7. The summed E-state index contributed by atoms with van der Waals surface area (Å²) in [7, 11) is 8.42. The van der Waals surface area contributed by atoms with Crippen LogP contribution in [0.1, 0.15) is 499 Å². The Bertz CT molecular complexity index is 1880. The van der Waals surface area contributed by atoms with Crippen molar-refractivity contribution in [3.8, 4) is 0 Å². The maximum Gasteiger partial charge on any atom is 0.0967 e. The molecule has 0 heterocycles. The molecule has 0 aliphatic carbocycles. The molecule has 0 aliphatic heterocycles. The van der Waals surface area contributed by atoms with Gasteiger partial charge in [0.25, 0.3) is 0 Å². The van der Waals surface area contributed by atoms with Crippen molar-refractivity contribution in [3.05, 3.63) is 109 Å². The molecule has 0 bridgehead atoms. The lowest BCUT2D eigenvalue weighted by atomic mass is 9.82. The van der Waals surface area contributed by atoms with Gasteiger partial charge in [-0.2, -0.15) is 0 Å². The number of unbranched alkanes of at least 4 members (excludes halogenated alkanes) is 38. The normalized spacial score (nSPS) is 12.9. The molecule has 0 saturated heterocycles. The quantitative estimate of drug-likeness (QED) is 0.0361. The molecule has 2 N–H and O–H groups in total. The SMILES string of the molecule is CCCCC/C=C\CCCC(C)C(CCC/C=C\CCCCC)CCC/C=C\CCCCC.CCCCC/C=C\CCCC(CCC/C=C\CCCCC)C(CCC/C=C\CCCCC)OCCCCN(C)C.CCCCC/C=C\CCCC(O)C(CCC/C=C\CCCCC)CCC/C=C\CCCCC.CN(C)CCCCO.ClCCl. The van der Waals surface area contributed by atoms with E-state index in [1.54, 1.807) is 0 Å². The molecule has 0 amide bonds. The van der Waals surface area contributed by atoms with Gasteiger partial charge < -0.3 is 24.7 Å². The summed E-state index contributed by atoms with van der Waals surface area (Å²) in [5.74, 6) is 2.96. The standard InChI is InChI=1S/C38H73NO.C33H62.C32H60O.C6H15NO.CH2Cl2/c1-6-9-12-15-18-21-24-27-32-37(33-28-25-22-19-16-13-10-7-2)38(40-36-31-30-35-39(4)5)34-29-26-23-20-17-14-11-8-3;1-5-8-11-14-17-20-23-26-29-32(4)33(30-27-24-21-18-15-12-9-6-2)31-28-25-22-19-16-13-10-7-3;1-4-7-10-13-16-19-22-25-28-31(29-26-23-20-17-14-11-8-5-2)32(33)30-27-24-21-18-15-12-9-6-3;1-7(2)5-3-4-6-8;2-1-3/h18-23,37-38H,6-17,24-36H2,1-5H3;17-22,32-33H,5-16,23-31H2,1-4H3;16-21,31-33H,4-15,22-30H2,1-3H3;8H,3-6H2,1-2H3;1H2/b21-18-,22-19-,23-20-;20-17-,21-18-,22-19-;19-16-,20-17-,21-18-;;. The first kappa shape index (κ1) is 124. The highest BCUT2D eigenvalue weighted by molar-refractivity contribution is 6.40. The third-order valence-electron chi connectivity index (χ3n) is 22.9. The lowest BCUT2D eigenvalue weighted by Gasteiger charge is -2.28. The van der Waals surface area contributed by atoms with Crippen LogP contribution >= 0.6 is 23.2 Å². The molecule has 3 atom stereocenters. The first-order valence-corrected chi connectivity index (χ1v) is 52.6. The molecule has 3 unspecified atom stereocenters. The van der Waals surface area contributed by atoms with Gasteiger partial charge in [-0.15, -0.1) is 23.2 Å². The third kappa shape index (κ3) is 112. The molecule has 0 spiro atoms. The second-order valence-corrected chi connectivity index (χ2v) is 36.0. The number of halogens is 2. The number of allylic oxidation sites excluding steroid dienone is 18. The molecule has 0 radical (unpaired) electrons. The lowest BCUT2D eigenvalue weighted by Crippen LogP contribution is -2.25. The summed E-state index contributed by atoms with van der Waals surface area (Å²) in [4.78, 5) is 4.41. The van der Waals surface area contributed by atoms with Crippen LogP contribution in [0.25, 0.3) is 0 Å². The smallest absolute Gasteiger partial charge is 0.0967 e. The van der Waals surface area contributed by atoms with Crippen LogP contribution in [0.15, 0.2) is 109 Å². The van der Waals surface area contributed by atoms with Crippen molar-refractivity contribution in [2.75, 3.05) is 59.8 Å². The van der Waals surface area contributed by atoms with E-state index in [2.05, 4.69) is 203 Å². The minimum atomic E-state index is -0.124. The van der Waals surface area contributed by atoms with Crippen LogP contribution < -0.4 is 0 Å². The van der Waals surface area contributed by atoms with E-state index in [1.807, 2.05) is 14.1 Å². The van der Waals surface area contributed by atoms with E-state index in [1.165, 1.54) is 398 Å². The third-order valence-corrected chi connectivity index (χ3v) is 22.9. The molecule has 0 aromatic rings. The summed E-state index contributed by atoms with van der Waals surface area (Å²) in [5, 5.41) is 19.5. The van der Waals surface area contributed by atoms with Gasteiger partial charge in [-0.25, -0.2) is 0 Å². The maximum atomic E-state index is 10.9. The first-order chi connectivity index (χ1) is 57.3. The number of alkyl halides is 2. The second kappa shape index (κ2) is 114. The monoisotopic (exact) mass is 1680 g/mol. The summed E-state index contributed by atoms with van der Waals surface area (Å²) in [5.41, 5.74) is 0. The Morgan fingerprint density at radius 1 is 0.248 bits per heavy atom. The average molecular weight is 1680 g/mol. The summed E-state index contributed by atoms with van der Waals surface area (Å²) < 4.78 is 6.71. The summed E-state index contributed by atoms with van der Waals surface area (Å²) in [6.07, 6.45) is 130. The highest BCUT2D eigenvalue weighted by atomic mass is 35.5. The molecule has 5 nitrogen and oxygen atoms in total. The first-order valence-electron chi connectivity index (χ1n) is 51.5. The van der Waals surface area contributed by atoms with Crippen molar-refractivity contribution in [1.29, 1.82) is 0 Å². The Kier molecular flexibility index (Phi) is 120. The van der Waals surface area contributed by atoms with Crippen molar-refractivity contribution in [2.24, 2.45) is 23.7 Å². The van der Waals surface area contributed by atoms with Crippen molar-refractivity contribution >= 4 is 23.2 Å². The zero-order valence-corrected chi connectivity index (χ0v) is 83.2.